The fourth-order valence-corrected chi connectivity index (χ4v) is 1.35. The third-order valence-electron chi connectivity index (χ3n) is 2.70. The van der Waals surface area contributed by atoms with Crippen molar-refractivity contribution < 1.29 is 4.79 Å². The van der Waals surface area contributed by atoms with E-state index in [-0.39, 0.29) is 0 Å². The molecule has 0 atom stereocenters. The molecular formula is C9H17NO. The molecule has 2 heteroatoms. The number of nitrogens with two attached hydrogens (primary N) is 1. The first-order valence-electron chi connectivity index (χ1n) is 4.47. The van der Waals surface area contributed by atoms with Crippen LogP contribution in [-0.4, -0.2) is 11.3 Å². The zero-order chi connectivity index (χ0) is 8.48. The Bertz CT molecular complexity index is 157. The van der Waals surface area contributed by atoms with Gasteiger partial charge >= 0.3 is 0 Å². The average Bonchev–Trinajstić information content (AvgIpc) is 2.84. The van der Waals surface area contributed by atoms with Crippen LogP contribution in [-0.2, 0) is 4.79 Å². The van der Waals surface area contributed by atoms with E-state index in [0.29, 0.717) is 11.7 Å². The summed E-state index contributed by atoms with van der Waals surface area (Å²) in [6, 6.07) is 0. The van der Waals surface area contributed by atoms with Crippen molar-refractivity contribution in [2.75, 3.05) is 0 Å². The molecule has 0 spiro atoms. The van der Waals surface area contributed by atoms with Crippen molar-refractivity contribution in [3.8, 4) is 0 Å². The predicted molar refractivity (Wildman–Crippen MR) is 45.2 cm³/mol. The SMILES string of the molecule is CCC(N)(CC)C(=O)C1CC1. The normalized spacial score (nSPS) is 18.5. The maximum absolute atomic E-state index is 11.6. The van der Waals surface area contributed by atoms with E-state index in [2.05, 4.69) is 0 Å². The van der Waals surface area contributed by atoms with Crippen LogP contribution in [0.5, 0.6) is 0 Å². The van der Waals surface area contributed by atoms with Gasteiger partial charge in [-0.05, 0) is 25.7 Å². The largest absolute Gasteiger partial charge is 0.319 e. The Kier molecular flexibility index (Phi) is 2.33. The molecule has 1 rings (SSSR count). The van der Waals surface area contributed by atoms with Crippen molar-refractivity contribution in [1.82, 2.24) is 0 Å². The van der Waals surface area contributed by atoms with E-state index in [1.165, 1.54) is 0 Å². The lowest BCUT2D eigenvalue weighted by Gasteiger charge is -2.24. The molecule has 0 radical (unpaired) electrons. The lowest BCUT2D eigenvalue weighted by atomic mass is 9.87. The van der Waals surface area contributed by atoms with Crippen LogP contribution in [0.2, 0.25) is 0 Å². The van der Waals surface area contributed by atoms with E-state index in [4.69, 9.17) is 5.73 Å². The predicted octanol–water partition coefficient (Wildman–Crippen LogP) is 1.48. The third kappa shape index (κ3) is 1.62. The fourth-order valence-electron chi connectivity index (χ4n) is 1.35. The molecule has 0 aromatic rings. The van der Waals surface area contributed by atoms with Crippen molar-refractivity contribution in [2.45, 2.75) is 45.1 Å². The number of carbonyl (C=O) groups excluding carboxylic acids is 1. The van der Waals surface area contributed by atoms with Gasteiger partial charge in [-0.1, -0.05) is 13.8 Å². The number of rotatable bonds is 4. The Morgan fingerprint density at radius 2 is 1.91 bits per heavy atom. The van der Waals surface area contributed by atoms with E-state index in [1.54, 1.807) is 0 Å². The molecule has 1 aliphatic carbocycles. The van der Waals surface area contributed by atoms with E-state index in [9.17, 15) is 4.79 Å². The number of carbonyl (C=O) groups is 1. The third-order valence-corrected chi connectivity index (χ3v) is 2.70. The topological polar surface area (TPSA) is 43.1 Å². The van der Waals surface area contributed by atoms with Crippen molar-refractivity contribution in [2.24, 2.45) is 11.7 Å². The summed E-state index contributed by atoms with van der Waals surface area (Å²) in [6.45, 7) is 3.98. The number of ketones is 1. The van der Waals surface area contributed by atoms with Gasteiger partial charge in [0.25, 0.3) is 0 Å². The molecule has 0 aliphatic heterocycles. The molecule has 0 amide bonds. The Hall–Kier alpha value is -0.370. The van der Waals surface area contributed by atoms with Gasteiger partial charge in [-0.2, -0.15) is 0 Å². The molecule has 0 saturated heterocycles. The summed E-state index contributed by atoms with van der Waals surface area (Å²) in [7, 11) is 0. The maximum Gasteiger partial charge on any atom is 0.155 e. The van der Waals surface area contributed by atoms with Gasteiger partial charge < -0.3 is 5.73 Å². The van der Waals surface area contributed by atoms with Crippen LogP contribution < -0.4 is 5.73 Å². The summed E-state index contributed by atoms with van der Waals surface area (Å²) in [5, 5.41) is 0. The molecule has 0 aromatic heterocycles. The molecule has 1 fully saturated rings. The number of hydrogen-bond donors (Lipinski definition) is 1. The first-order chi connectivity index (χ1) is 5.14. The summed E-state index contributed by atoms with van der Waals surface area (Å²) in [5.74, 6) is 0.599. The van der Waals surface area contributed by atoms with E-state index < -0.39 is 5.54 Å². The lowest BCUT2D eigenvalue weighted by Crippen LogP contribution is -2.47. The molecule has 2 nitrogen and oxygen atoms in total. The van der Waals surface area contributed by atoms with Gasteiger partial charge in [0.15, 0.2) is 5.78 Å². The zero-order valence-corrected chi connectivity index (χ0v) is 7.39. The van der Waals surface area contributed by atoms with E-state index in [0.717, 1.165) is 25.7 Å². The molecule has 11 heavy (non-hydrogen) atoms. The minimum absolute atomic E-state index is 0.294. The minimum Gasteiger partial charge on any atom is -0.319 e. The van der Waals surface area contributed by atoms with Crippen LogP contribution in [0.15, 0.2) is 0 Å². The second kappa shape index (κ2) is 2.94. The smallest absolute Gasteiger partial charge is 0.155 e. The minimum atomic E-state index is -0.513. The van der Waals surface area contributed by atoms with Crippen LogP contribution in [0.4, 0.5) is 0 Å². The standard InChI is InChI=1S/C9H17NO/c1-3-9(10,4-2)8(11)7-5-6-7/h7H,3-6,10H2,1-2H3. The average molecular weight is 155 g/mol. The molecule has 0 bridgehead atoms. The van der Waals surface area contributed by atoms with Gasteiger partial charge in [-0.15, -0.1) is 0 Å². The molecular weight excluding hydrogens is 138 g/mol. The molecule has 0 aromatic carbocycles. The van der Waals surface area contributed by atoms with Crippen LogP contribution in [0.1, 0.15) is 39.5 Å². The maximum atomic E-state index is 11.6. The van der Waals surface area contributed by atoms with Crippen LogP contribution in [0.25, 0.3) is 0 Å². The highest BCUT2D eigenvalue weighted by molar-refractivity contribution is 5.91. The quantitative estimate of drug-likeness (QED) is 0.668. The summed E-state index contributed by atoms with van der Waals surface area (Å²) in [6.07, 6.45) is 3.69. The van der Waals surface area contributed by atoms with Crippen molar-refractivity contribution in [3.05, 3.63) is 0 Å². The summed E-state index contributed by atoms with van der Waals surface area (Å²) >= 11 is 0. The van der Waals surface area contributed by atoms with Gasteiger partial charge in [0.2, 0.25) is 0 Å². The van der Waals surface area contributed by atoms with Gasteiger partial charge in [-0.3, -0.25) is 4.79 Å². The van der Waals surface area contributed by atoms with Crippen LogP contribution >= 0.6 is 0 Å². The second-order valence-corrected chi connectivity index (χ2v) is 3.50. The van der Waals surface area contributed by atoms with E-state index in [1.807, 2.05) is 13.8 Å². The van der Waals surface area contributed by atoms with Gasteiger partial charge in [0.05, 0.1) is 5.54 Å². The Labute approximate surface area is 68.2 Å². The summed E-state index contributed by atoms with van der Waals surface area (Å²) in [5.41, 5.74) is 5.42. The van der Waals surface area contributed by atoms with Crippen LogP contribution in [0.3, 0.4) is 0 Å². The Morgan fingerprint density at radius 3 is 2.18 bits per heavy atom. The van der Waals surface area contributed by atoms with Crippen LogP contribution in [0, 0.1) is 5.92 Å². The van der Waals surface area contributed by atoms with Crippen molar-refractivity contribution in [3.63, 3.8) is 0 Å². The Balaban J connectivity index is 2.59. The summed E-state index contributed by atoms with van der Waals surface area (Å²) in [4.78, 5) is 11.6. The highest BCUT2D eigenvalue weighted by Gasteiger charge is 2.40. The van der Waals surface area contributed by atoms with Crippen molar-refractivity contribution >= 4 is 5.78 Å². The van der Waals surface area contributed by atoms with Crippen molar-refractivity contribution in [1.29, 1.82) is 0 Å². The molecule has 64 valence electrons. The number of hydrogen-bond acceptors (Lipinski definition) is 2. The fraction of sp³-hybridized carbons (Fsp3) is 0.889. The molecule has 0 heterocycles. The highest BCUT2D eigenvalue weighted by atomic mass is 16.1. The molecule has 0 unspecified atom stereocenters. The molecule has 2 N–H and O–H groups in total. The monoisotopic (exact) mass is 155 g/mol. The number of Topliss-reactive ketones (excluding diaryl/α,β-unsaturated/α-hetero) is 1. The zero-order valence-electron chi connectivity index (χ0n) is 7.39. The lowest BCUT2D eigenvalue weighted by molar-refractivity contribution is -0.125. The molecule has 1 aliphatic rings. The van der Waals surface area contributed by atoms with Gasteiger partial charge in [0.1, 0.15) is 0 Å². The molecule has 1 saturated carbocycles. The van der Waals surface area contributed by atoms with E-state index >= 15 is 0 Å². The second-order valence-electron chi connectivity index (χ2n) is 3.50. The van der Waals surface area contributed by atoms with Gasteiger partial charge in [0, 0.05) is 5.92 Å². The highest BCUT2D eigenvalue weighted by Crippen LogP contribution is 2.34. The first-order valence-corrected chi connectivity index (χ1v) is 4.47. The Morgan fingerprint density at radius 1 is 1.45 bits per heavy atom. The summed E-state index contributed by atoms with van der Waals surface area (Å²) < 4.78 is 0. The van der Waals surface area contributed by atoms with Gasteiger partial charge in [-0.25, -0.2) is 0 Å². The first kappa shape index (κ1) is 8.72.